The van der Waals surface area contributed by atoms with Crippen molar-refractivity contribution in [1.82, 2.24) is 15.5 Å². The Morgan fingerprint density at radius 1 is 1.18 bits per heavy atom. The van der Waals surface area contributed by atoms with Gasteiger partial charge in [0.1, 0.15) is 6.04 Å². The Balaban J connectivity index is 1.35. The summed E-state index contributed by atoms with van der Waals surface area (Å²) in [5.74, 6) is -0.120. The van der Waals surface area contributed by atoms with E-state index in [1.165, 1.54) is 12.8 Å². The first-order valence-corrected chi connectivity index (χ1v) is 10.2. The van der Waals surface area contributed by atoms with E-state index in [4.69, 9.17) is 5.73 Å². The molecule has 7 heteroatoms. The number of nitrogens with two attached hydrogens (primary N) is 1. The fraction of sp³-hybridized carbons (Fsp3) is 0.571. The van der Waals surface area contributed by atoms with Crippen molar-refractivity contribution in [3.05, 3.63) is 34.9 Å². The molecule has 1 aromatic carbocycles. The number of hydrogen-bond acceptors (Lipinski definition) is 5. The summed E-state index contributed by atoms with van der Waals surface area (Å²) >= 11 is 0. The predicted octanol–water partition coefficient (Wildman–Crippen LogP) is 1.05. The van der Waals surface area contributed by atoms with Crippen LogP contribution >= 0.6 is 0 Å². The molecule has 1 aliphatic carbocycles. The van der Waals surface area contributed by atoms with Gasteiger partial charge in [0.25, 0.3) is 5.91 Å². The standard InChI is InChI=1S/C21H28N4O3/c22-16-3-1-2-13(9-16)10-23-11-14-4-5-17-15(8-14)12-25(21(17)28)18-6-7-19(26)24-20(18)27/h4-5,8,13,16,18,23H,1-3,6-7,9-12,22H2,(H,24,26,27)/t13-,16+,18?/m0/s1. The molecule has 3 atom stereocenters. The molecule has 0 radical (unpaired) electrons. The van der Waals surface area contributed by atoms with Gasteiger partial charge in [0.15, 0.2) is 0 Å². The van der Waals surface area contributed by atoms with E-state index >= 15 is 0 Å². The number of benzene rings is 1. The maximum Gasteiger partial charge on any atom is 0.255 e. The number of imide groups is 1. The summed E-state index contributed by atoms with van der Waals surface area (Å²) in [6, 6.07) is 5.67. The third-order valence-electron chi connectivity index (χ3n) is 6.17. The molecule has 3 amide bonds. The second-order valence-corrected chi connectivity index (χ2v) is 8.32. The number of amides is 3. The van der Waals surface area contributed by atoms with Crippen LogP contribution in [0.4, 0.5) is 0 Å². The molecule has 1 saturated heterocycles. The zero-order valence-corrected chi connectivity index (χ0v) is 16.1. The second kappa shape index (κ2) is 8.01. The molecule has 1 saturated carbocycles. The van der Waals surface area contributed by atoms with Gasteiger partial charge in [0.05, 0.1) is 0 Å². The van der Waals surface area contributed by atoms with E-state index in [0.717, 1.165) is 37.1 Å². The molecule has 4 rings (SSSR count). The normalized spacial score (nSPS) is 27.7. The molecule has 2 aliphatic heterocycles. The highest BCUT2D eigenvalue weighted by atomic mass is 16.2. The van der Waals surface area contributed by atoms with Gasteiger partial charge >= 0.3 is 0 Å². The summed E-state index contributed by atoms with van der Waals surface area (Å²) in [6.07, 6.45) is 5.34. The molecule has 28 heavy (non-hydrogen) atoms. The first kappa shape index (κ1) is 19.1. The van der Waals surface area contributed by atoms with Crippen molar-refractivity contribution in [2.75, 3.05) is 6.54 Å². The number of nitrogens with zero attached hydrogens (tertiary/aromatic N) is 1. The lowest BCUT2D eigenvalue weighted by molar-refractivity contribution is -0.136. The quantitative estimate of drug-likeness (QED) is 0.659. The highest BCUT2D eigenvalue weighted by Crippen LogP contribution is 2.28. The van der Waals surface area contributed by atoms with Gasteiger partial charge in [-0.2, -0.15) is 0 Å². The number of piperidine rings is 1. The first-order valence-electron chi connectivity index (χ1n) is 10.2. The second-order valence-electron chi connectivity index (χ2n) is 8.32. The molecule has 7 nitrogen and oxygen atoms in total. The summed E-state index contributed by atoms with van der Waals surface area (Å²) in [5.41, 5.74) is 8.81. The Labute approximate surface area is 165 Å². The summed E-state index contributed by atoms with van der Waals surface area (Å²) in [5, 5.41) is 5.86. The number of nitrogens with one attached hydrogen (secondary N) is 2. The van der Waals surface area contributed by atoms with Crippen molar-refractivity contribution in [1.29, 1.82) is 0 Å². The van der Waals surface area contributed by atoms with E-state index in [1.54, 1.807) is 4.90 Å². The van der Waals surface area contributed by atoms with Gasteiger partial charge in [-0.3, -0.25) is 19.7 Å². The van der Waals surface area contributed by atoms with Crippen LogP contribution in [-0.2, 0) is 22.7 Å². The molecule has 3 aliphatic rings. The SMILES string of the molecule is N[C@@H]1CCC[C@H](CNCc2ccc3c(c2)CN(C2CCC(=O)NC2=O)C3=O)C1. The summed E-state index contributed by atoms with van der Waals surface area (Å²) in [6.45, 7) is 2.14. The van der Waals surface area contributed by atoms with E-state index < -0.39 is 6.04 Å². The van der Waals surface area contributed by atoms with Crippen LogP contribution in [0.3, 0.4) is 0 Å². The van der Waals surface area contributed by atoms with Crippen LogP contribution in [0.5, 0.6) is 0 Å². The van der Waals surface area contributed by atoms with Gasteiger partial charge < -0.3 is 16.0 Å². The van der Waals surface area contributed by atoms with Gasteiger partial charge in [0, 0.05) is 31.1 Å². The van der Waals surface area contributed by atoms with Crippen LogP contribution in [-0.4, -0.2) is 41.2 Å². The minimum atomic E-state index is -0.560. The summed E-state index contributed by atoms with van der Waals surface area (Å²) in [7, 11) is 0. The zero-order valence-electron chi connectivity index (χ0n) is 16.1. The largest absolute Gasteiger partial charge is 0.328 e. The highest BCUT2D eigenvalue weighted by molar-refractivity contribution is 6.05. The van der Waals surface area contributed by atoms with Crippen molar-refractivity contribution in [2.24, 2.45) is 11.7 Å². The lowest BCUT2D eigenvalue weighted by Crippen LogP contribution is -2.52. The van der Waals surface area contributed by atoms with E-state index in [-0.39, 0.29) is 24.1 Å². The average Bonchev–Trinajstić information content (AvgIpc) is 2.98. The Morgan fingerprint density at radius 2 is 2.04 bits per heavy atom. The van der Waals surface area contributed by atoms with Crippen molar-refractivity contribution in [2.45, 2.75) is 63.7 Å². The first-order chi connectivity index (χ1) is 13.5. The third kappa shape index (κ3) is 3.95. The lowest BCUT2D eigenvalue weighted by Gasteiger charge is -2.29. The monoisotopic (exact) mass is 384 g/mol. The predicted molar refractivity (Wildman–Crippen MR) is 104 cm³/mol. The molecule has 150 valence electrons. The van der Waals surface area contributed by atoms with Crippen LogP contribution in [0.15, 0.2) is 18.2 Å². The molecule has 2 fully saturated rings. The number of rotatable bonds is 5. The van der Waals surface area contributed by atoms with Crippen molar-refractivity contribution >= 4 is 17.7 Å². The number of hydrogen-bond donors (Lipinski definition) is 3. The fourth-order valence-electron chi connectivity index (χ4n) is 4.68. The van der Waals surface area contributed by atoms with Gasteiger partial charge in [-0.1, -0.05) is 18.6 Å². The fourth-order valence-corrected chi connectivity index (χ4v) is 4.68. The maximum atomic E-state index is 12.7. The number of fused-ring (bicyclic) bond motifs is 1. The average molecular weight is 384 g/mol. The summed E-state index contributed by atoms with van der Waals surface area (Å²) < 4.78 is 0. The van der Waals surface area contributed by atoms with Gasteiger partial charge in [0.2, 0.25) is 11.8 Å². The Hall–Kier alpha value is -2.25. The van der Waals surface area contributed by atoms with Crippen LogP contribution < -0.4 is 16.4 Å². The molecule has 1 unspecified atom stereocenters. The van der Waals surface area contributed by atoms with Crippen molar-refractivity contribution < 1.29 is 14.4 Å². The minimum Gasteiger partial charge on any atom is -0.328 e. The lowest BCUT2D eigenvalue weighted by atomic mass is 9.86. The molecule has 2 heterocycles. The molecular formula is C21H28N4O3. The number of carbonyl (C=O) groups excluding carboxylic acids is 3. The van der Waals surface area contributed by atoms with E-state index in [2.05, 4.69) is 16.7 Å². The Kier molecular flexibility index (Phi) is 5.46. The molecule has 0 bridgehead atoms. The zero-order chi connectivity index (χ0) is 19.7. The van der Waals surface area contributed by atoms with Gasteiger partial charge in [-0.25, -0.2) is 0 Å². The molecule has 4 N–H and O–H groups in total. The third-order valence-corrected chi connectivity index (χ3v) is 6.17. The Bertz CT molecular complexity index is 794. The van der Waals surface area contributed by atoms with Crippen LogP contribution in [0.1, 0.15) is 60.0 Å². The van der Waals surface area contributed by atoms with E-state index in [9.17, 15) is 14.4 Å². The molecule has 0 aromatic heterocycles. The van der Waals surface area contributed by atoms with Gasteiger partial charge in [-0.15, -0.1) is 0 Å². The van der Waals surface area contributed by atoms with Crippen LogP contribution in [0.25, 0.3) is 0 Å². The molecular weight excluding hydrogens is 356 g/mol. The number of carbonyl (C=O) groups is 3. The smallest absolute Gasteiger partial charge is 0.255 e. The van der Waals surface area contributed by atoms with E-state index in [1.807, 2.05) is 12.1 Å². The van der Waals surface area contributed by atoms with Gasteiger partial charge in [-0.05, 0) is 55.3 Å². The Morgan fingerprint density at radius 3 is 2.82 bits per heavy atom. The van der Waals surface area contributed by atoms with Crippen LogP contribution in [0.2, 0.25) is 0 Å². The van der Waals surface area contributed by atoms with Crippen LogP contribution in [0, 0.1) is 5.92 Å². The highest BCUT2D eigenvalue weighted by Gasteiger charge is 2.39. The molecule has 0 spiro atoms. The minimum absolute atomic E-state index is 0.125. The van der Waals surface area contributed by atoms with Crippen molar-refractivity contribution in [3.8, 4) is 0 Å². The molecule has 1 aromatic rings. The van der Waals surface area contributed by atoms with Crippen molar-refractivity contribution in [3.63, 3.8) is 0 Å². The topological polar surface area (TPSA) is 105 Å². The van der Waals surface area contributed by atoms with E-state index in [0.29, 0.717) is 30.5 Å². The summed E-state index contributed by atoms with van der Waals surface area (Å²) in [4.78, 5) is 37.8. The maximum absolute atomic E-state index is 12.7.